The summed E-state index contributed by atoms with van der Waals surface area (Å²) in [4.78, 5) is 51.2. The summed E-state index contributed by atoms with van der Waals surface area (Å²) in [5.41, 5.74) is 0. The predicted octanol–water partition coefficient (Wildman–Crippen LogP) is 16.6. The van der Waals surface area contributed by atoms with Gasteiger partial charge in [-0.15, -0.1) is 0 Å². The Balaban J connectivity index is 2.73. The molecule has 6 unspecified atom stereocenters. The number of carbonyl (C=O) groups is 4. The molecule has 12 heteroatoms. The Labute approximate surface area is 490 Å². The molecule has 0 aromatic carbocycles. The normalized spacial score (nSPS) is 18.7. The van der Waals surface area contributed by atoms with Crippen molar-refractivity contribution >= 4 is 23.9 Å². The number of carboxylic acid groups (broad SMARTS) is 1. The third-order valence-electron chi connectivity index (χ3n) is 13.2. The molecular weight excluding hydrogens is 1020 g/mol. The summed E-state index contributed by atoms with van der Waals surface area (Å²) >= 11 is 0. The molecule has 1 aliphatic heterocycles. The SMILES string of the molecule is CC/C=C\C/C=C\C/C=C\C/C=C\CCCCCCCCC(=O)OCC(COC1OC(C(=O)O)C(O)C(O)C1OC(=O)CC/C=C\C/C=C\C/C=C\C/C=C\CC)OC(=O)CCCCCCCC/C=C\C/C=C\C/C=C\CCCCC. The summed E-state index contributed by atoms with van der Waals surface area (Å²) in [6.45, 7) is 5.67. The van der Waals surface area contributed by atoms with E-state index in [4.69, 9.17) is 23.7 Å². The van der Waals surface area contributed by atoms with Crippen molar-refractivity contribution in [2.24, 2.45) is 0 Å². The Morgan fingerprint density at radius 3 is 1.23 bits per heavy atom. The molecule has 0 saturated carbocycles. The van der Waals surface area contributed by atoms with E-state index in [1.807, 2.05) is 18.2 Å². The van der Waals surface area contributed by atoms with Crippen molar-refractivity contribution in [3.05, 3.63) is 134 Å². The van der Waals surface area contributed by atoms with Gasteiger partial charge in [-0.05, 0) is 122 Å². The van der Waals surface area contributed by atoms with Gasteiger partial charge >= 0.3 is 23.9 Å². The quantitative estimate of drug-likeness (QED) is 0.0228. The van der Waals surface area contributed by atoms with Crippen LogP contribution in [0.15, 0.2) is 134 Å². The minimum Gasteiger partial charge on any atom is -0.479 e. The lowest BCUT2D eigenvalue weighted by Crippen LogP contribution is -2.61. The number of aliphatic hydroxyl groups excluding tert-OH is 2. The molecule has 0 spiro atoms. The second kappa shape index (κ2) is 55.4. The highest BCUT2D eigenvalue weighted by molar-refractivity contribution is 5.74. The van der Waals surface area contributed by atoms with E-state index in [1.165, 1.54) is 25.7 Å². The van der Waals surface area contributed by atoms with E-state index in [2.05, 4.69) is 136 Å². The van der Waals surface area contributed by atoms with Crippen LogP contribution >= 0.6 is 0 Å². The zero-order valence-corrected chi connectivity index (χ0v) is 50.2. The number of aliphatic hydroxyl groups is 2. The molecule has 0 aliphatic carbocycles. The van der Waals surface area contributed by atoms with Gasteiger partial charge in [0.25, 0.3) is 0 Å². The van der Waals surface area contributed by atoms with Crippen LogP contribution in [0.25, 0.3) is 0 Å². The minimum absolute atomic E-state index is 0.0707. The topological polar surface area (TPSA) is 175 Å². The van der Waals surface area contributed by atoms with Gasteiger partial charge in [0.1, 0.15) is 18.8 Å². The van der Waals surface area contributed by atoms with Crippen molar-refractivity contribution in [3.63, 3.8) is 0 Å². The number of esters is 3. The van der Waals surface area contributed by atoms with Crippen LogP contribution in [-0.2, 0) is 42.9 Å². The van der Waals surface area contributed by atoms with E-state index >= 15 is 0 Å². The monoisotopic (exact) mass is 1130 g/mol. The van der Waals surface area contributed by atoms with Crippen LogP contribution in [0.4, 0.5) is 0 Å². The molecule has 6 atom stereocenters. The predicted molar refractivity (Wildman–Crippen MR) is 330 cm³/mol. The zero-order chi connectivity index (χ0) is 58.9. The van der Waals surface area contributed by atoms with Crippen LogP contribution < -0.4 is 0 Å². The van der Waals surface area contributed by atoms with Crippen LogP contribution in [0.2, 0.25) is 0 Å². The Kier molecular flexibility index (Phi) is 50.5. The molecule has 3 N–H and O–H groups in total. The fraction of sp³-hybridized carbons (Fsp3) is 0.623. The smallest absolute Gasteiger partial charge is 0.335 e. The van der Waals surface area contributed by atoms with Gasteiger partial charge in [0.05, 0.1) is 6.61 Å². The van der Waals surface area contributed by atoms with Gasteiger partial charge < -0.3 is 39.0 Å². The number of unbranched alkanes of at least 4 members (excludes halogenated alkanes) is 15. The number of allylic oxidation sites excluding steroid dienone is 22. The van der Waals surface area contributed by atoms with Crippen molar-refractivity contribution in [3.8, 4) is 0 Å². The molecule has 0 aromatic heterocycles. The van der Waals surface area contributed by atoms with Crippen LogP contribution in [0.5, 0.6) is 0 Å². The maximum absolute atomic E-state index is 13.2. The summed E-state index contributed by atoms with van der Waals surface area (Å²) in [6, 6.07) is 0. The molecule has 456 valence electrons. The maximum atomic E-state index is 13.2. The summed E-state index contributed by atoms with van der Waals surface area (Å²) < 4.78 is 28.4. The first-order valence-electron chi connectivity index (χ1n) is 31.2. The lowest BCUT2D eigenvalue weighted by molar-refractivity contribution is -0.301. The van der Waals surface area contributed by atoms with Crippen LogP contribution in [-0.4, -0.2) is 89.2 Å². The van der Waals surface area contributed by atoms with E-state index in [-0.39, 0.29) is 25.9 Å². The molecule has 1 fully saturated rings. The highest BCUT2D eigenvalue weighted by Crippen LogP contribution is 2.26. The van der Waals surface area contributed by atoms with Crippen LogP contribution in [0, 0.1) is 0 Å². The highest BCUT2D eigenvalue weighted by Gasteiger charge is 2.50. The number of ether oxygens (including phenoxy) is 5. The minimum atomic E-state index is -1.94. The Morgan fingerprint density at radius 1 is 0.420 bits per heavy atom. The van der Waals surface area contributed by atoms with Gasteiger partial charge in [0.2, 0.25) is 0 Å². The lowest BCUT2D eigenvalue weighted by atomic mass is 9.98. The van der Waals surface area contributed by atoms with E-state index in [0.29, 0.717) is 25.7 Å². The Hall–Kier alpha value is -5.14. The molecule has 1 aliphatic rings. The van der Waals surface area contributed by atoms with Crippen LogP contribution in [0.3, 0.4) is 0 Å². The first-order valence-corrected chi connectivity index (χ1v) is 31.2. The number of carboxylic acids is 1. The van der Waals surface area contributed by atoms with E-state index in [1.54, 1.807) is 0 Å². The second-order valence-corrected chi connectivity index (χ2v) is 20.6. The summed E-state index contributed by atoms with van der Waals surface area (Å²) in [5.74, 6) is -3.28. The highest BCUT2D eigenvalue weighted by atomic mass is 16.7. The molecule has 1 saturated heterocycles. The summed E-state index contributed by atoms with van der Waals surface area (Å²) in [5, 5.41) is 31.5. The third-order valence-corrected chi connectivity index (χ3v) is 13.2. The fourth-order valence-corrected chi connectivity index (χ4v) is 8.50. The molecule has 1 heterocycles. The standard InChI is InChI=1S/C69H108O12/c1-4-7-10-13-16-19-22-25-27-29-31-33-35-38-40-43-46-49-52-55-61(70)77-58-60(79-62(71)56-53-50-47-44-42-39-36-34-32-30-28-26-23-20-17-14-11-8-5-2)59-78-69-67(65(74)64(73)66(81-69)68(75)76)80-63(72)57-54-51-48-45-41-37-24-21-18-15-12-9-6-3/h7,9-10,12,16-21,25-28,31-34,37,41,48,51,60,64-67,69,73-74H,4-6,8,11,13-15,22-24,29-30,35-36,38-40,42-47,49-50,52-59H2,1-3H3,(H,75,76)/b10-7-,12-9-,19-16-,20-17-,21-18-,27-25-,28-26-,33-31-,34-32-,41-37-,51-48-. The maximum Gasteiger partial charge on any atom is 0.335 e. The Morgan fingerprint density at radius 2 is 0.802 bits per heavy atom. The lowest BCUT2D eigenvalue weighted by Gasteiger charge is -2.40. The first kappa shape index (κ1) is 73.9. The number of hydrogen-bond donors (Lipinski definition) is 3. The van der Waals surface area contributed by atoms with Gasteiger partial charge in [-0.3, -0.25) is 14.4 Å². The van der Waals surface area contributed by atoms with Crippen molar-refractivity contribution in [1.82, 2.24) is 0 Å². The van der Waals surface area contributed by atoms with Crippen molar-refractivity contribution in [1.29, 1.82) is 0 Å². The molecule has 12 nitrogen and oxygen atoms in total. The molecule has 0 amide bonds. The van der Waals surface area contributed by atoms with E-state index in [0.717, 1.165) is 135 Å². The summed E-state index contributed by atoms with van der Waals surface area (Å²) in [7, 11) is 0. The molecule has 0 aromatic rings. The molecule has 0 bridgehead atoms. The average Bonchev–Trinajstić information content (AvgIpc) is 3.46. The van der Waals surface area contributed by atoms with Crippen molar-refractivity contribution in [2.75, 3.05) is 13.2 Å². The van der Waals surface area contributed by atoms with Gasteiger partial charge in [0.15, 0.2) is 24.6 Å². The van der Waals surface area contributed by atoms with Crippen molar-refractivity contribution in [2.45, 2.75) is 263 Å². The fourth-order valence-electron chi connectivity index (χ4n) is 8.50. The average molecular weight is 1130 g/mol. The molecular formula is C69H108O12. The zero-order valence-electron chi connectivity index (χ0n) is 50.2. The number of rotatable bonds is 51. The van der Waals surface area contributed by atoms with E-state index < -0.39 is 67.3 Å². The van der Waals surface area contributed by atoms with Gasteiger partial charge in [-0.25, -0.2) is 4.79 Å². The van der Waals surface area contributed by atoms with Gasteiger partial charge in [0, 0.05) is 19.3 Å². The molecule has 0 radical (unpaired) electrons. The Bertz CT molecular complexity index is 1920. The number of carbonyl (C=O) groups excluding carboxylic acids is 3. The third kappa shape index (κ3) is 45.1. The van der Waals surface area contributed by atoms with Gasteiger partial charge in [-0.1, -0.05) is 219 Å². The van der Waals surface area contributed by atoms with Crippen molar-refractivity contribution < 1.29 is 58.2 Å². The van der Waals surface area contributed by atoms with Gasteiger partial charge in [-0.2, -0.15) is 0 Å². The molecule has 1 rings (SSSR count). The van der Waals surface area contributed by atoms with Crippen LogP contribution in [0.1, 0.15) is 226 Å². The largest absolute Gasteiger partial charge is 0.479 e. The van der Waals surface area contributed by atoms with E-state index in [9.17, 15) is 34.5 Å². The summed E-state index contributed by atoms with van der Waals surface area (Å²) in [6.07, 6.45) is 65.7. The number of hydrogen-bond acceptors (Lipinski definition) is 11. The second-order valence-electron chi connectivity index (χ2n) is 20.6. The first-order chi connectivity index (χ1) is 39.6. The number of aliphatic carboxylic acids is 1. The molecule has 81 heavy (non-hydrogen) atoms.